The monoisotopic (exact) mass is 365 g/mol. The van der Waals surface area contributed by atoms with Gasteiger partial charge < -0.3 is 10.1 Å². The molecule has 1 amide bonds. The molecule has 0 radical (unpaired) electrons. The van der Waals surface area contributed by atoms with Gasteiger partial charge in [0.15, 0.2) is 0 Å². The first-order valence-corrected chi connectivity index (χ1v) is 10.1. The van der Waals surface area contributed by atoms with E-state index in [9.17, 15) is 4.79 Å². The summed E-state index contributed by atoms with van der Waals surface area (Å²) in [6.45, 7) is 5.10. The average Bonchev–Trinajstić information content (AvgIpc) is 2.73. The molecule has 1 aliphatic rings. The number of benzene rings is 2. The molecule has 1 aliphatic carbocycles. The van der Waals surface area contributed by atoms with Crippen molar-refractivity contribution in [3.8, 4) is 5.75 Å². The van der Waals surface area contributed by atoms with E-state index in [0.29, 0.717) is 12.1 Å². The minimum atomic E-state index is -0.0233. The molecule has 2 aromatic carbocycles. The summed E-state index contributed by atoms with van der Waals surface area (Å²) in [6.07, 6.45) is 5.56. The molecule has 0 bridgehead atoms. The minimum absolute atomic E-state index is 0.0233. The van der Waals surface area contributed by atoms with Crippen molar-refractivity contribution in [3.05, 3.63) is 65.2 Å². The van der Waals surface area contributed by atoms with Gasteiger partial charge in [0.05, 0.1) is 7.11 Å². The highest BCUT2D eigenvalue weighted by molar-refractivity contribution is 5.94. The maximum absolute atomic E-state index is 12.8. The second-order valence-corrected chi connectivity index (χ2v) is 7.89. The second kappa shape index (κ2) is 8.60. The average molecular weight is 366 g/mol. The number of ether oxygens (including phenoxy) is 1. The van der Waals surface area contributed by atoms with E-state index in [2.05, 4.69) is 49.5 Å². The molecule has 0 saturated heterocycles. The number of carbonyl (C=O) groups excluding carboxylic acids is 1. The van der Waals surface area contributed by atoms with Gasteiger partial charge >= 0.3 is 0 Å². The number of hydrogen-bond acceptors (Lipinski definition) is 2. The molecular formula is C24H31NO2. The zero-order valence-electron chi connectivity index (χ0n) is 16.8. The number of nitrogens with one attached hydrogen (secondary N) is 1. The Hall–Kier alpha value is -2.29. The molecule has 0 spiro atoms. The highest BCUT2D eigenvalue weighted by Crippen LogP contribution is 2.41. The van der Waals surface area contributed by atoms with Crippen LogP contribution in [0.25, 0.3) is 0 Å². The highest BCUT2D eigenvalue weighted by Gasteiger charge is 2.36. The lowest BCUT2D eigenvalue weighted by molar-refractivity contribution is 0.0933. The van der Waals surface area contributed by atoms with Crippen LogP contribution in [0.15, 0.2) is 48.5 Å². The summed E-state index contributed by atoms with van der Waals surface area (Å²) < 4.78 is 5.44. The van der Waals surface area contributed by atoms with Crippen molar-refractivity contribution in [2.24, 2.45) is 5.92 Å². The molecule has 3 nitrogen and oxygen atoms in total. The number of rotatable bonds is 6. The van der Waals surface area contributed by atoms with Gasteiger partial charge in [0.2, 0.25) is 0 Å². The molecule has 3 rings (SSSR count). The van der Waals surface area contributed by atoms with Crippen LogP contribution in [0.3, 0.4) is 0 Å². The van der Waals surface area contributed by atoms with Gasteiger partial charge in [-0.2, -0.15) is 0 Å². The Bertz CT molecular complexity index is 761. The highest BCUT2D eigenvalue weighted by atomic mass is 16.5. The van der Waals surface area contributed by atoms with E-state index < -0.39 is 0 Å². The lowest BCUT2D eigenvalue weighted by Crippen LogP contribution is -2.43. The number of carbonyl (C=O) groups is 1. The summed E-state index contributed by atoms with van der Waals surface area (Å²) in [5.74, 6) is 1.53. The molecule has 0 aromatic heterocycles. The van der Waals surface area contributed by atoms with Crippen LogP contribution in [-0.4, -0.2) is 19.6 Å². The van der Waals surface area contributed by atoms with Gasteiger partial charge in [0.1, 0.15) is 5.75 Å². The van der Waals surface area contributed by atoms with Crippen LogP contribution < -0.4 is 10.1 Å². The van der Waals surface area contributed by atoms with Crippen molar-refractivity contribution in [1.29, 1.82) is 0 Å². The molecule has 3 heteroatoms. The SMILES string of the molecule is CCc1ccc(C(=O)NCC2(c3ccccc3)CCC(C)CC2)cc1OC. The molecule has 0 atom stereocenters. The molecule has 1 saturated carbocycles. The molecule has 1 N–H and O–H groups in total. The predicted octanol–water partition coefficient (Wildman–Crippen LogP) is 5.14. The van der Waals surface area contributed by atoms with E-state index in [1.165, 1.54) is 18.4 Å². The maximum atomic E-state index is 12.8. The predicted molar refractivity (Wildman–Crippen MR) is 110 cm³/mol. The summed E-state index contributed by atoms with van der Waals surface area (Å²) in [4.78, 5) is 12.8. The first-order valence-electron chi connectivity index (χ1n) is 10.1. The van der Waals surface area contributed by atoms with Gasteiger partial charge in [-0.3, -0.25) is 4.79 Å². The first-order chi connectivity index (χ1) is 13.1. The van der Waals surface area contributed by atoms with Gasteiger partial charge in [-0.1, -0.05) is 50.2 Å². The summed E-state index contributed by atoms with van der Waals surface area (Å²) in [6, 6.07) is 16.4. The smallest absolute Gasteiger partial charge is 0.251 e. The molecule has 27 heavy (non-hydrogen) atoms. The van der Waals surface area contributed by atoms with Gasteiger partial charge in [-0.05, 0) is 61.3 Å². The standard InChI is InChI=1S/C24H31NO2/c1-4-19-10-11-20(16-22(19)27-3)23(26)25-17-24(14-12-18(2)13-15-24)21-8-6-5-7-9-21/h5-11,16,18H,4,12-15,17H2,1-3H3,(H,25,26). The van der Waals surface area contributed by atoms with Crippen molar-refractivity contribution in [2.75, 3.05) is 13.7 Å². The van der Waals surface area contributed by atoms with E-state index >= 15 is 0 Å². The molecule has 0 unspecified atom stereocenters. The Morgan fingerprint density at radius 2 is 1.85 bits per heavy atom. The Labute approximate surface area is 163 Å². The van der Waals surface area contributed by atoms with E-state index in [1.54, 1.807) is 7.11 Å². The summed E-state index contributed by atoms with van der Waals surface area (Å²) in [5, 5.41) is 3.22. The Balaban J connectivity index is 1.77. The number of hydrogen-bond donors (Lipinski definition) is 1. The molecule has 2 aromatic rings. The fraction of sp³-hybridized carbons (Fsp3) is 0.458. The minimum Gasteiger partial charge on any atom is -0.496 e. The largest absolute Gasteiger partial charge is 0.496 e. The number of aryl methyl sites for hydroxylation is 1. The summed E-state index contributed by atoms with van der Waals surface area (Å²) in [7, 11) is 1.66. The van der Waals surface area contributed by atoms with Crippen LogP contribution >= 0.6 is 0 Å². The van der Waals surface area contributed by atoms with Crippen molar-refractivity contribution < 1.29 is 9.53 Å². The van der Waals surface area contributed by atoms with Crippen LogP contribution in [0.1, 0.15) is 61.0 Å². The Morgan fingerprint density at radius 1 is 1.15 bits per heavy atom. The summed E-state index contributed by atoms with van der Waals surface area (Å²) >= 11 is 0. The van der Waals surface area contributed by atoms with E-state index in [1.807, 2.05) is 18.2 Å². The molecule has 144 valence electrons. The molecule has 0 aliphatic heterocycles. The van der Waals surface area contributed by atoms with Gasteiger partial charge in [0.25, 0.3) is 5.91 Å². The van der Waals surface area contributed by atoms with Crippen molar-refractivity contribution in [3.63, 3.8) is 0 Å². The van der Waals surface area contributed by atoms with Crippen molar-refractivity contribution >= 4 is 5.91 Å². The van der Waals surface area contributed by atoms with Crippen molar-refractivity contribution in [1.82, 2.24) is 5.32 Å². The van der Waals surface area contributed by atoms with E-state index in [4.69, 9.17) is 4.74 Å². The lowest BCUT2D eigenvalue weighted by atomic mass is 9.67. The third kappa shape index (κ3) is 4.35. The van der Waals surface area contributed by atoms with Crippen LogP contribution in [-0.2, 0) is 11.8 Å². The van der Waals surface area contributed by atoms with Crippen molar-refractivity contribution in [2.45, 2.75) is 51.4 Å². The van der Waals surface area contributed by atoms with E-state index in [-0.39, 0.29) is 11.3 Å². The van der Waals surface area contributed by atoms with Gasteiger partial charge in [-0.15, -0.1) is 0 Å². The van der Waals surface area contributed by atoms with Crippen LogP contribution in [0, 0.1) is 5.92 Å². The van der Waals surface area contributed by atoms with Gasteiger partial charge in [-0.25, -0.2) is 0 Å². The van der Waals surface area contributed by atoms with Gasteiger partial charge in [0, 0.05) is 17.5 Å². The normalized spacial score (nSPS) is 22.3. The zero-order valence-corrected chi connectivity index (χ0v) is 16.8. The Morgan fingerprint density at radius 3 is 2.48 bits per heavy atom. The fourth-order valence-corrected chi connectivity index (χ4v) is 4.20. The van der Waals surface area contributed by atoms with Crippen LogP contribution in [0.5, 0.6) is 5.75 Å². The second-order valence-electron chi connectivity index (χ2n) is 7.89. The first kappa shape index (κ1) is 19.5. The molecule has 1 fully saturated rings. The number of methoxy groups -OCH3 is 1. The van der Waals surface area contributed by atoms with Crippen LogP contribution in [0.4, 0.5) is 0 Å². The fourth-order valence-electron chi connectivity index (χ4n) is 4.20. The van der Waals surface area contributed by atoms with Crippen LogP contribution in [0.2, 0.25) is 0 Å². The maximum Gasteiger partial charge on any atom is 0.251 e. The summed E-state index contributed by atoms with van der Waals surface area (Å²) in [5.41, 5.74) is 3.17. The molecular weight excluding hydrogens is 334 g/mol. The molecule has 0 heterocycles. The lowest BCUT2D eigenvalue weighted by Gasteiger charge is -2.40. The number of amides is 1. The zero-order chi connectivity index (χ0) is 19.3. The third-order valence-corrected chi connectivity index (χ3v) is 6.14. The van der Waals surface area contributed by atoms with E-state index in [0.717, 1.165) is 36.5 Å². The Kier molecular flexibility index (Phi) is 6.20. The quantitative estimate of drug-likeness (QED) is 0.770. The topological polar surface area (TPSA) is 38.3 Å². The third-order valence-electron chi connectivity index (χ3n) is 6.14.